The Bertz CT molecular complexity index is 875. The Kier molecular flexibility index (Phi) is 3.42. The van der Waals surface area contributed by atoms with Gasteiger partial charge in [0.05, 0.1) is 5.70 Å². The summed E-state index contributed by atoms with van der Waals surface area (Å²) < 4.78 is 13.7. The van der Waals surface area contributed by atoms with Crippen LogP contribution in [0.3, 0.4) is 0 Å². The molecule has 0 atom stereocenters. The van der Waals surface area contributed by atoms with Gasteiger partial charge in [-0.2, -0.15) is 0 Å². The molecule has 1 nitrogen and oxygen atoms in total. The van der Waals surface area contributed by atoms with Crippen molar-refractivity contribution >= 4 is 5.57 Å². The summed E-state index contributed by atoms with van der Waals surface area (Å²) in [4.78, 5) is 2.16. The molecule has 1 aromatic carbocycles. The molecule has 0 aromatic heterocycles. The van der Waals surface area contributed by atoms with E-state index >= 15 is 0 Å². The predicted octanol–water partition coefficient (Wildman–Crippen LogP) is 5.73. The van der Waals surface area contributed by atoms with Crippen LogP contribution >= 0.6 is 0 Å². The van der Waals surface area contributed by atoms with Crippen LogP contribution in [0.15, 0.2) is 90.0 Å². The van der Waals surface area contributed by atoms with Gasteiger partial charge in [0.2, 0.25) is 0 Å². The normalized spacial score (nSPS) is 20.3. The fourth-order valence-electron chi connectivity index (χ4n) is 3.55. The lowest BCUT2D eigenvalue weighted by atomic mass is 9.88. The van der Waals surface area contributed by atoms with Gasteiger partial charge in [0.15, 0.2) is 0 Å². The third-order valence-electron chi connectivity index (χ3n) is 4.97. The van der Waals surface area contributed by atoms with E-state index in [1.807, 2.05) is 18.3 Å². The van der Waals surface area contributed by atoms with Crippen molar-refractivity contribution in [3.8, 4) is 0 Å². The van der Waals surface area contributed by atoms with Gasteiger partial charge in [0.25, 0.3) is 0 Å². The molecule has 0 spiro atoms. The highest BCUT2D eigenvalue weighted by molar-refractivity contribution is 5.82. The minimum Gasteiger partial charge on any atom is -0.317 e. The standard InChI is InChI=1S/C22H20FN/c1-4-16-13-21(17-8-9-17)22-14(2)20(10-11-24(22)15(16)3)18-6-5-7-19(23)12-18/h4-7,10-13,17H,1,3,8-9H2,2H3. The maximum Gasteiger partial charge on any atom is 0.123 e. The molecule has 0 N–H and O–H groups in total. The van der Waals surface area contributed by atoms with E-state index in [9.17, 15) is 4.39 Å². The van der Waals surface area contributed by atoms with Gasteiger partial charge >= 0.3 is 0 Å². The largest absolute Gasteiger partial charge is 0.317 e. The first-order chi connectivity index (χ1) is 11.6. The highest BCUT2D eigenvalue weighted by Crippen LogP contribution is 2.47. The summed E-state index contributed by atoms with van der Waals surface area (Å²) in [7, 11) is 0. The number of benzene rings is 1. The van der Waals surface area contributed by atoms with Crippen molar-refractivity contribution in [2.75, 3.05) is 0 Å². The number of nitrogens with zero attached hydrogens (tertiary/aromatic N) is 1. The first kappa shape index (κ1) is 14.9. The monoisotopic (exact) mass is 317 g/mol. The lowest BCUT2D eigenvalue weighted by Crippen LogP contribution is -2.25. The van der Waals surface area contributed by atoms with Crippen molar-refractivity contribution in [2.24, 2.45) is 5.92 Å². The Hall–Kier alpha value is -2.61. The van der Waals surface area contributed by atoms with Crippen LogP contribution < -0.4 is 0 Å². The summed E-state index contributed by atoms with van der Waals surface area (Å²) in [5.41, 5.74) is 7.73. The van der Waals surface area contributed by atoms with Crippen molar-refractivity contribution in [3.05, 3.63) is 101 Å². The summed E-state index contributed by atoms with van der Waals surface area (Å²) in [6.45, 7) is 10.3. The highest BCUT2D eigenvalue weighted by atomic mass is 19.1. The third kappa shape index (κ3) is 2.30. The quantitative estimate of drug-likeness (QED) is 0.688. The van der Waals surface area contributed by atoms with Crippen LogP contribution in [0.25, 0.3) is 5.57 Å². The lowest BCUT2D eigenvalue weighted by Gasteiger charge is -2.36. The maximum absolute atomic E-state index is 13.7. The van der Waals surface area contributed by atoms with Crippen LogP contribution in [0.1, 0.15) is 25.3 Å². The van der Waals surface area contributed by atoms with Crippen LogP contribution in [0.4, 0.5) is 4.39 Å². The van der Waals surface area contributed by atoms with Gasteiger partial charge in [-0.1, -0.05) is 31.4 Å². The highest BCUT2D eigenvalue weighted by Gasteiger charge is 2.34. The second kappa shape index (κ2) is 5.48. The zero-order valence-corrected chi connectivity index (χ0v) is 13.8. The molecule has 1 saturated carbocycles. The Labute approximate surface area is 142 Å². The molecule has 4 rings (SSSR count). The van der Waals surface area contributed by atoms with Gasteiger partial charge in [0.1, 0.15) is 5.82 Å². The minimum absolute atomic E-state index is 0.207. The van der Waals surface area contributed by atoms with E-state index in [0.29, 0.717) is 5.92 Å². The van der Waals surface area contributed by atoms with Gasteiger partial charge in [-0.05, 0) is 77.8 Å². The average Bonchev–Trinajstić information content (AvgIpc) is 3.41. The molecule has 0 bridgehead atoms. The zero-order valence-electron chi connectivity index (χ0n) is 13.8. The molecule has 2 heteroatoms. The third-order valence-corrected chi connectivity index (χ3v) is 4.97. The number of allylic oxidation sites excluding steroid dienone is 6. The molecule has 0 radical (unpaired) electrons. The van der Waals surface area contributed by atoms with E-state index in [-0.39, 0.29) is 5.82 Å². The molecule has 3 aliphatic rings. The molecule has 24 heavy (non-hydrogen) atoms. The number of fused-ring (bicyclic) bond motifs is 1. The van der Waals surface area contributed by atoms with Crippen LogP contribution in [0.5, 0.6) is 0 Å². The van der Waals surface area contributed by atoms with E-state index in [1.165, 1.54) is 35.8 Å². The van der Waals surface area contributed by atoms with Gasteiger partial charge in [-0.15, -0.1) is 0 Å². The first-order valence-electron chi connectivity index (χ1n) is 8.32. The van der Waals surface area contributed by atoms with Crippen LogP contribution in [-0.2, 0) is 0 Å². The Morgan fingerprint density at radius 1 is 1.29 bits per heavy atom. The SMILES string of the molecule is C=CC1=CC(C2CC2)=C2C(C)=C(c3cccc(F)c3)C=CN2C1=C. The van der Waals surface area contributed by atoms with Gasteiger partial charge in [0, 0.05) is 11.9 Å². The molecule has 0 saturated heterocycles. The van der Waals surface area contributed by atoms with Crippen LogP contribution in [0, 0.1) is 11.7 Å². The molecule has 2 aliphatic heterocycles. The number of hydrogen-bond acceptors (Lipinski definition) is 1. The Morgan fingerprint density at radius 3 is 2.75 bits per heavy atom. The Morgan fingerprint density at radius 2 is 2.08 bits per heavy atom. The first-order valence-corrected chi connectivity index (χ1v) is 8.32. The van der Waals surface area contributed by atoms with Crippen molar-refractivity contribution < 1.29 is 4.39 Å². The smallest absolute Gasteiger partial charge is 0.123 e. The maximum atomic E-state index is 13.7. The molecular weight excluding hydrogens is 297 g/mol. The average molecular weight is 317 g/mol. The van der Waals surface area contributed by atoms with Crippen LogP contribution in [-0.4, -0.2) is 4.90 Å². The van der Waals surface area contributed by atoms with E-state index in [0.717, 1.165) is 22.4 Å². The molecule has 1 aliphatic carbocycles. The molecule has 2 heterocycles. The molecular formula is C22H20FN. The summed E-state index contributed by atoms with van der Waals surface area (Å²) in [5.74, 6) is 0.405. The second-order valence-corrected chi connectivity index (χ2v) is 6.56. The summed E-state index contributed by atoms with van der Waals surface area (Å²) in [5, 5.41) is 0. The number of hydrogen-bond donors (Lipinski definition) is 0. The number of halogens is 1. The molecule has 120 valence electrons. The second-order valence-electron chi connectivity index (χ2n) is 6.56. The van der Waals surface area contributed by atoms with Crippen LogP contribution in [0.2, 0.25) is 0 Å². The molecule has 1 aromatic rings. The molecule has 1 fully saturated rings. The van der Waals surface area contributed by atoms with Crippen molar-refractivity contribution in [1.29, 1.82) is 0 Å². The van der Waals surface area contributed by atoms with Crippen molar-refractivity contribution in [3.63, 3.8) is 0 Å². The summed E-state index contributed by atoms with van der Waals surface area (Å²) in [6, 6.07) is 6.80. The van der Waals surface area contributed by atoms with Crippen molar-refractivity contribution in [2.45, 2.75) is 19.8 Å². The van der Waals surface area contributed by atoms with Gasteiger partial charge in [-0.3, -0.25) is 0 Å². The fraction of sp³-hybridized carbons (Fsp3) is 0.182. The van der Waals surface area contributed by atoms with Crippen molar-refractivity contribution in [1.82, 2.24) is 4.90 Å². The lowest BCUT2D eigenvalue weighted by molar-refractivity contribution is 0.573. The van der Waals surface area contributed by atoms with E-state index in [4.69, 9.17) is 0 Å². The zero-order chi connectivity index (χ0) is 16.8. The topological polar surface area (TPSA) is 3.24 Å². The summed E-state index contributed by atoms with van der Waals surface area (Å²) in [6.07, 6.45) is 10.7. The molecule has 0 unspecified atom stereocenters. The van der Waals surface area contributed by atoms with E-state index in [1.54, 1.807) is 12.1 Å². The fourth-order valence-corrected chi connectivity index (χ4v) is 3.55. The number of rotatable bonds is 3. The van der Waals surface area contributed by atoms with Gasteiger partial charge in [-0.25, -0.2) is 4.39 Å². The van der Waals surface area contributed by atoms with E-state index < -0.39 is 0 Å². The minimum atomic E-state index is -0.207. The van der Waals surface area contributed by atoms with E-state index in [2.05, 4.69) is 37.1 Å². The summed E-state index contributed by atoms with van der Waals surface area (Å²) >= 11 is 0. The van der Waals surface area contributed by atoms with Gasteiger partial charge < -0.3 is 4.90 Å². The molecule has 0 amide bonds. The Balaban J connectivity index is 1.91. The predicted molar refractivity (Wildman–Crippen MR) is 97.1 cm³/mol.